The van der Waals surface area contributed by atoms with Gasteiger partial charge >= 0.3 is 0 Å². The lowest BCUT2D eigenvalue weighted by atomic mass is 10.1. The predicted molar refractivity (Wildman–Crippen MR) is 85.1 cm³/mol. The third kappa shape index (κ3) is 3.01. The Bertz CT molecular complexity index is 759. The van der Waals surface area contributed by atoms with E-state index in [4.69, 9.17) is 5.73 Å². The van der Waals surface area contributed by atoms with E-state index < -0.39 is 9.84 Å². The van der Waals surface area contributed by atoms with Gasteiger partial charge < -0.3 is 10.6 Å². The highest BCUT2D eigenvalue weighted by Gasteiger charge is 2.21. The minimum absolute atomic E-state index is 0.190. The van der Waals surface area contributed by atoms with Gasteiger partial charge in [-0.2, -0.15) is 0 Å². The van der Waals surface area contributed by atoms with Gasteiger partial charge in [0.05, 0.1) is 17.2 Å². The minimum atomic E-state index is -2.92. The maximum absolute atomic E-state index is 11.8. The van der Waals surface area contributed by atoms with Crippen LogP contribution < -0.4 is 10.6 Å². The van der Waals surface area contributed by atoms with Gasteiger partial charge in [0.15, 0.2) is 9.84 Å². The summed E-state index contributed by atoms with van der Waals surface area (Å²) in [5, 5.41) is 2.14. The highest BCUT2D eigenvalue weighted by atomic mass is 32.2. The molecule has 3 rings (SSSR count). The summed E-state index contributed by atoms with van der Waals surface area (Å²) < 4.78 is 23.5. The van der Waals surface area contributed by atoms with E-state index in [1.807, 2.05) is 30.3 Å². The molecule has 0 atom stereocenters. The number of nitrogens with zero attached hydrogens (tertiary/aromatic N) is 2. The molecular weight excluding hydrogens is 286 g/mol. The highest BCUT2D eigenvalue weighted by Crippen LogP contribution is 2.26. The van der Waals surface area contributed by atoms with Crippen LogP contribution in [0.15, 0.2) is 30.3 Å². The number of anilines is 1. The molecule has 5 nitrogen and oxygen atoms in total. The molecule has 2 heterocycles. The van der Waals surface area contributed by atoms with Crippen molar-refractivity contribution in [3.05, 3.63) is 36.0 Å². The van der Waals surface area contributed by atoms with Gasteiger partial charge in [-0.3, -0.25) is 0 Å². The summed E-state index contributed by atoms with van der Waals surface area (Å²) in [5.74, 6) is 1.30. The number of hydrogen-bond acceptors (Lipinski definition) is 5. The topological polar surface area (TPSA) is 76.3 Å². The zero-order chi connectivity index (χ0) is 14.9. The van der Waals surface area contributed by atoms with Crippen LogP contribution in [0.3, 0.4) is 0 Å². The van der Waals surface area contributed by atoms with E-state index in [0.717, 1.165) is 22.3 Å². The Morgan fingerprint density at radius 2 is 2.00 bits per heavy atom. The number of benzene rings is 1. The first kappa shape index (κ1) is 14.3. The van der Waals surface area contributed by atoms with E-state index in [-0.39, 0.29) is 11.5 Å². The summed E-state index contributed by atoms with van der Waals surface area (Å²) in [6.07, 6.45) is 0.644. The average molecular weight is 305 g/mol. The van der Waals surface area contributed by atoms with Crippen molar-refractivity contribution in [2.24, 2.45) is 5.73 Å². The summed E-state index contributed by atoms with van der Waals surface area (Å²) in [5.41, 5.74) is 6.57. The molecule has 0 saturated carbocycles. The molecule has 112 valence electrons. The number of pyridine rings is 1. The van der Waals surface area contributed by atoms with Crippen LogP contribution in [0.1, 0.15) is 12.1 Å². The van der Waals surface area contributed by atoms with Gasteiger partial charge in [-0.05, 0) is 17.9 Å². The van der Waals surface area contributed by atoms with Crippen LogP contribution in [-0.4, -0.2) is 38.0 Å². The van der Waals surface area contributed by atoms with E-state index in [0.29, 0.717) is 26.1 Å². The Morgan fingerprint density at radius 1 is 1.19 bits per heavy atom. The van der Waals surface area contributed by atoms with E-state index >= 15 is 0 Å². The molecular formula is C15H19N3O2S. The van der Waals surface area contributed by atoms with Crippen molar-refractivity contribution in [2.75, 3.05) is 29.5 Å². The Hall–Kier alpha value is -1.66. The number of nitrogens with two attached hydrogens (primary N) is 1. The summed E-state index contributed by atoms with van der Waals surface area (Å²) in [7, 11) is -2.92. The highest BCUT2D eigenvalue weighted by molar-refractivity contribution is 7.91. The fraction of sp³-hybridized carbons (Fsp3) is 0.400. The number of rotatable bonds is 2. The van der Waals surface area contributed by atoms with E-state index in [1.54, 1.807) is 0 Å². The molecule has 6 heteroatoms. The van der Waals surface area contributed by atoms with Crippen LogP contribution in [0.2, 0.25) is 0 Å². The third-order valence-corrected chi connectivity index (χ3v) is 5.55. The average Bonchev–Trinajstić information content (AvgIpc) is 2.67. The van der Waals surface area contributed by atoms with Crippen molar-refractivity contribution in [3.8, 4) is 0 Å². The van der Waals surface area contributed by atoms with Gasteiger partial charge in [0, 0.05) is 25.0 Å². The van der Waals surface area contributed by atoms with E-state index in [1.165, 1.54) is 0 Å². The maximum Gasteiger partial charge on any atom is 0.152 e. The van der Waals surface area contributed by atoms with Crippen molar-refractivity contribution in [3.63, 3.8) is 0 Å². The lowest BCUT2D eigenvalue weighted by molar-refractivity contribution is 0.597. The molecule has 0 radical (unpaired) electrons. The normalized spacial score (nSPS) is 18.6. The summed E-state index contributed by atoms with van der Waals surface area (Å²) in [6.45, 7) is 1.58. The van der Waals surface area contributed by atoms with Gasteiger partial charge in [-0.1, -0.05) is 24.3 Å². The van der Waals surface area contributed by atoms with Crippen LogP contribution in [-0.2, 0) is 16.4 Å². The van der Waals surface area contributed by atoms with Gasteiger partial charge in [0.2, 0.25) is 0 Å². The molecule has 21 heavy (non-hydrogen) atoms. The zero-order valence-electron chi connectivity index (χ0n) is 11.8. The second-order valence-electron chi connectivity index (χ2n) is 5.35. The van der Waals surface area contributed by atoms with Crippen LogP contribution in [0.25, 0.3) is 10.8 Å². The van der Waals surface area contributed by atoms with Gasteiger partial charge in [-0.15, -0.1) is 0 Å². The largest absolute Gasteiger partial charge is 0.355 e. The summed E-state index contributed by atoms with van der Waals surface area (Å²) in [4.78, 5) is 6.71. The van der Waals surface area contributed by atoms with Crippen LogP contribution in [0.5, 0.6) is 0 Å². The molecule has 1 aromatic carbocycles. The lowest BCUT2D eigenvalue weighted by Gasteiger charge is -2.23. The summed E-state index contributed by atoms with van der Waals surface area (Å²) in [6, 6.07) is 10.0. The third-order valence-electron chi connectivity index (χ3n) is 3.84. The SMILES string of the molecule is NCc1cc2ccccc2c(N2CCCS(=O)(=O)CC2)n1. The molecule has 0 unspecified atom stereocenters. The smallest absolute Gasteiger partial charge is 0.152 e. The van der Waals surface area contributed by atoms with Crippen molar-refractivity contribution >= 4 is 26.4 Å². The first-order valence-corrected chi connectivity index (χ1v) is 8.95. The van der Waals surface area contributed by atoms with E-state index in [9.17, 15) is 8.42 Å². The number of aromatic nitrogens is 1. The van der Waals surface area contributed by atoms with Gasteiger partial charge in [-0.25, -0.2) is 13.4 Å². The molecule has 1 aliphatic rings. The predicted octanol–water partition coefficient (Wildman–Crippen LogP) is 1.32. The molecule has 0 bridgehead atoms. The first-order chi connectivity index (χ1) is 10.1. The van der Waals surface area contributed by atoms with Crippen LogP contribution in [0, 0.1) is 0 Å². The Balaban J connectivity index is 2.06. The van der Waals surface area contributed by atoms with Crippen molar-refractivity contribution in [1.29, 1.82) is 0 Å². The number of sulfone groups is 1. The van der Waals surface area contributed by atoms with E-state index in [2.05, 4.69) is 9.88 Å². The van der Waals surface area contributed by atoms with Crippen molar-refractivity contribution < 1.29 is 8.42 Å². The van der Waals surface area contributed by atoms with Crippen molar-refractivity contribution in [2.45, 2.75) is 13.0 Å². The molecule has 0 amide bonds. The molecule has 1 aliphatic heterocycles. The molecule has 2 aromatic rings. The molecule has 2 N–H and O–H groups in total. The molecule has 1 saturated heterocycles. The lowest BCUT2D eigenvalue weighted by Crippen LogP contribution is -2.28. The maximum atomic E-state index is 11.8. The Labute approximate surface area is 124 Å². The molecule has 1 aromatic heterocycles. The number of fused-ring (bicyclic) bond motifs is 1. The summed E-state index contributed by atoms with van der Waals surface area (Å²) >= 11 is 0. The molecule has 1 fully saturated rings. The van der Waals surface area contributed by atoms with Crippen LogP contribution in [0.4, 0.5) is 5.82 Å². The van der Waals surface area contributed by atoms with Gasteiger partial charge in [0.25, 0.3) is 0 Å². The second kappa shape index (κ2) is 5.61. The fourth-order valence-electron chi connectivity index (χ4n) is 2.73. The van der Waals surface area contributed by atoms with Crippen molar-refractivity contribution in [1.82, 2.24) is 4.98 Å². The molecule has 0 aliphatic carbocycles. The standard InChI is InChI=1S/C15H19N3O2S/c16-11-13-10-12-4-1-2-5-14(12)15(17-13)18-6-3-8-21(19,20)9-7-18/h1-2,4-5,10H,3,6-9,11,16H2. The first-order valence-electron chi connectivity index (χ1n) is 7.13. The Morgan fingerprint density at radius 3 is 2.81 bits per heavy atom. The van der Waals surface area contributed by atoms with Gasteiger partial charge in [0.1, 0.15) is 5.82 Å². The van der Waals surface area contributed by atoms with Crippen LogP contribution >= 0.6 is 0 Å². The zero-order valence-corrected chi connectivity index (χ0v) is 12.6. The monoisotopic (exact) mass is 305 g/mol. The number of hydrogen-bond donors (Lipinski definition) is 1. The fourth-order valence-corrected chi connectivity index (χ4v) is 4.00. The minimum Gasteiger partial charge on any atom is -0.355 e. The molecule has 0 spiro atoms. The second-order valence-corrected chi connectivity index (χ2v) is 7.66. The quantitative estimate of drug-likeness (QED) is 0.905. The Kier molecular flexibility index (Phi) is 3.82.